The highest BCUT2D eigenvalue weighted by Gasteiger charge is 2.34. The van der Waals surface area contributed by atoms with Gasteiger partial charge in [0.15, 0.2) is 0 Å². The molecule has 2 aliphatic rings. The van der Waals surface area contributed by atoms with Crippen LogP contribution < -0.4 is 5.73 Å². The molecule has 0 amide bonds. The Balaban J connectivity index is 1.59. The highest BCUT2D eigenvalue weighted by molar-refractivity contribution is 4.97. The lowest BCUT2D eigenvalue weighted by molar-refractivity contribution is -0.0548. The van der Waals surface area contributed by atoms with Crippen molar-refractivity contribution in [2.75, 3.05) is 19.7 Å². The van der Waals surface area contributed by atoms with Gasteiger partial charge in [0, 0.05) is 25.0 Å². The van der Waals surface area contributed by atoms with Crippen LogP contribution in [0.5, 0.6) is 0 Å². The summed E-state index contributed by atoms with van der Waals surface area (Å²) in [4.78, 5) is 6.91. The van der Waals surface area contributed by atoms with Crippen molar-refractivity contribution in [1.29, 1.82) is 0 Å². The van der Waals surface area contributed by atoms with Crippen LogP contribution in [0.25, 0.3) is 0 Å². The molecule has 0 radical (unpaired) electrons. The fourth-order valence-corrected chi connectivity index (χ4v) is 2.82. The third-order valence-electron chi connectivity index (χ3n) is 3.97. The van der Waals surface area contributed by atoms with Gasteiger partial charge in [0.1, 0.15) is 6.10 Å². The largest absolute Gasteiger partial charge is 0.367 e. The molecule has 6 heteroatoms. The van der Waals surface area contributed by atoms with Crippen LogP contribution in [0, 0.1) is 0 Å². The smallest absolute Gasteiger partial charge is 0.226 e. The SMILES string of the molecule is CC(N)CCc1nc(C2CN3CCCC3CO2)no1. The molecule has 2 fully saturated rings. The minimum atomic E-state index is -0.0397. The molecule has 2 aliphatic heterocycles. The predicted molar refractivity (Wildman–Crippen MR) is 69.6 cm³/mol. The summed E-state index contributed by atoms with van der Waals surface area (Å²) in [5.41, 5.74) is 5.73. The number of morpholine rings is 1. The minimum absolute atomic E-state index is 0.0397. The van der Waals surface area contributed by atoms with E-state index in [2.05, 4.69) is 15.0 Å². The van der Waals surface area contributed by atoms with Crippen molar-refractivity contribution in [3.63, 3.8) is 0 Å². The zero-order chi connectivity index (χ0) is 13.2. The molecule has 1 aromatic rings. The lowest BCUT2D eigenvalue weighted by Gasteiger charge is -2.33. The van der Waals surface area contributed by atoms with Crippen LogP contribution in [-0.2, 0) is 11.2 Å². The van der Waals surface area contributed by atoms with Crippen LogP contribution in [0.15, 0.2) is 4.52 Å². The van der Waals surface area contributed by atoms with Gasteiger partial charge in [0.2, 0.25) is 11.7 Å². The molecule has 0 spiro atoms. The Morgan fingerprint density at radius 1 is 1.53 bits per heavy atom. The van der Waals surface area contributed by atoms with Crippen LogP contribution in [0.3, 0.4) is 0 Å². The van der Waals surface area contributed by atoms with Crippen molar-refractivity contribution < 1.29 is 9.26 Å². The summed E-state index contributed by atoms with van der Waals surface area (Å²) in [5, 5.41) is 4.05. The summed E-state index contributed by atoms with van der Waals surface area (Å²) in [6.45, 7) is 4.82. The van der Waals surface area contributed by atoms with Gasteiger partial charge in [-0.1, -0.05) is 5.16 Å². The summed E-state index contributed by atoms with van der Waals surface area (Å²) in [6, 6.07) is 0.757. The van der Waals surface area contributed by atoms with Gasteiger partial charge in [-0.15, -0.1) is 0 Å². The standard InChI is InChI=1S/C13H22N4O2/c1-9(14)4-5-12-15-13(16-19-12)11-7-17-6-2-3-10(17)8-18-11/h9-11H,2-8,14H2,1H3. The minimum Gasteiger partial charge on any atom is -0.367 e. The maximum atomic E-state index is 5.87. The second-order valence-corrected chi connectivity index (χ2v) is 5.68. The van der Waals surface area contributed by atoms with Crippen molar-refractivity contribution in [1.82, 2.24) is 15.0 Å². The zero-order valence-electron chi connectivity index (χ0n) is 11.4. The Kier molecular flexibility index (Phi) is 3.81. The molecule has 106 valence electrons. The van der Waals surface area contributed by atoms with Crippen LogP contribution in [0.1, 0.15) is 44.0 Å². The van der Waals surface area contributed by atoms with Gasteiger partial charge in [-0.25, -0.2) is 0 Å². The Morgan fingerprint density at radius 3 is 3.26 bits per heavy atom. The van der Waals surface area contributed by atoms with Crippen molar-refractivity contribution in [3.05, 3.63) is 11.7 Å². The Morgan fingerprint density at radius 2 is 2.42 bits per heavy atom. The summed E-state index contributed by atoms with van der Waals surface area (Å²) in [7, 11) is 0. The molecular formula is C13H22N4O2. The van der Waals surface area contributed by atoms with E-state index in [1.807, 2.05) is 6.92 Å². The molecule has 3 rings (SSSR count). The molecule has 0 aliphatic carbocycles. The summed E-state index contributed by atoms with van der Waals surface area (Å²) < 4.78 is 11.1. The van der Waals surface area contributed by atoms with Crippen molar-refractivity contribution in [2.45, 2.75) is 50.8 Å². The van der Waals surface area contributed by atoms with Crippen LogP contribution in [0.4, 0.5) is 0 Å². The second-order valence-electron chi connectivity index (χ2n) is 5.68. The fourth-order valence-electron chi connectivity index (χ4n) is 2.82. The van der Waals surface area contributed by atoms with E-state index in [0.717, 1.165) is 26.0 Å². The topological polar surface area (TPSA) is 77.4 Å². The molecule has 0 bridgehead atoms. The molecule has 19 heavy (non-hydrogen) atoms. The van der Waals surface area contributed by atoms with Gasteiger partial charge in [-0.2, -0.15) is 4.98 Å². The normalized spacial score (nSPS) is 29.4. The van der Waals surface area contributed by atoms with Gasteiger partial charge >= 0.3 is 0 Å². The van der Waals surface area contributed by atoms with Crippen molar-refractivity contribution >= 4 is 0 Å². The summed E-state index contributed by atoms with van der Waals surface area (Å²) in [6.07, 6.45) is 4.08. The van der Waals surface area contributed by atoms with E-state index in [1.54, 1.807) is 0 Å². The highest BCUT2D eigenvalue weighted by Crippen LogP contribution is 2.28. The zero-order valence-corrected chi connectivity index (χ0v) is 11.4. The monoisotopic (exact) mass is 266 g/mol. The summed E-state index contributed by atoms with van der Waals surface area (Å²) >= 11 is 0. The number of hydrogen-bond acceptors (Lipinski definition) is 6. The van der Waals surface area contributed by atoms with Crippen molar-refractivity contribution in [2.24, 2.45) is 5.73 Å². The van der Waals surface area contributed by atoms with E-state index in [0.29, 0.717) is 17.8 Å². The Hall–Kier alpha value is -0.980. The molecule has 2 saturated heterocycles. The maximum absolute atomic E-state index is 5.87. The van der Waals surface area contributed by atoms with E-state index >= 15 is 0 Å². The number of fused-ring (bicyclic) bond motifs is 1. The van der Waals surface area contributed by atoms with Gasteiger partial charge < -0.3 is 15.0 Å². The number of nitrogens with zero attached hydrogens (tertiary/aromatic N) is 3. The quantitative estimate of drug-likeness (QED) is 0.872. The number of rotatable bonds is 4. The molecule has 3 atom stereocenters. The molecule has 6 nitrogen and oxygen atoms in total. The number of aromatic nitrogens is 2. The maximum Gasteiger partial charge on any atom is 0.226 e. The first-order valence-electron chi connectivity index (χ1n) is 7.16. The average molecular weight is 266 g/mol. The average Bonchev–Trinajstić information content (AvgIpc) is 3.04. The molecule has 0 aromatic carbocycles. The molecular weight excluding hydrogens is 244 g/mol. The predicted octanol–water partition coefficient (Wildman–Crippen LogP) is 0.885. The number of hydrogen-bond donors (Lipinski definition) is 1. The first-order chi connectivity index (χ1) is 9.22. The molecule has 2 N–H and O–H groups in total. The van der Waals surface area contributed by atoms with Crippen LogP contribution >= 0.6 is 0 Å². The lowest BCUT2D eigenvalue weighted by Crippen LogP contribution is -2.42. The molecule has 3 unspecified atom stereocenters. The van der Waals surface area contributed by atoms with E-state index in [9.17, 15) is 0 Å². The molecule has 3 heterocycles. The van der Waals surface area contributed by atoms with Gasteiger partial charge in [-0.05, 0) is 32.7 Å². The lowest BCUT2D eigenvalue weighted by atomic mass is 10.2. The van der Waals surface area contributed by atoms with Gasteiger partial charge in [-0.3, -0.25) is 4.90 Å². The van der Waals surface area contributed by atoms with Crippen LogP contribution in [-0.4, -0.2) is 46.8 Å². The summed E-state index contributed by atoms with van der Waals surface area (Å²) in [5.74, 6) is 1.35. The van der Waals surface area contributed by atoms with E-state index in [1.165, 1.54) is 19.4 Å². The number of nitrogens with two attached hydrogens (primary N) is 1. The third-order valence-corrected chi connectivity index (χ3v) is 3.97. The Bertz CT molecular complexity index is 421. The fraction of sp³-hybridized carbons (Fsp3) is 0.846. The van der Waals surface area contributed by atoms with E-state index in [4.69, 9.17) is 15.0 Å². The Labute approximate surface area is 113 Å². The molecule has 0 saturated carbocycles. The van der Waals surface area contributed by atoms with Crippen LogP contribution in [0.2, 0.25) is 0 Å². The first-order valence-corrected chi connectivity index (χ1v) is 7.16. The second kappa shape index (κ2) is 5.56. The van der Waals surface area contributed by atoms with E-state index < -0.39 is 0 Å². The third kappa shape index (κ3) is 2.96. The number of aryl methyl sites for hydroxylation is 1. The molecule has 1 aromatic heterocycles. The number of ether oxygens (including phenoxy) is 1. The first kappa shape index (κ1) is 13.0. The van der Waals surface area contributed by atoms with E-state index in [-0.39, 0.29) is 12.1 Å². The van der Waals surface area contributed by atoms with Gasteiger partial charge in [0.05, 0.1) is 6.61 Å². The van der Waals surface area contributed by atoms with Crippen molar-refractivity contribution in [3.8, 4) is 0 Å². The van der Waals surface area contributed by atoms with Gasteiger partial charge in [0.25, 0.3) is 0 Å². The highest BCUT2D eigenvalue weighted by atomic mass is 16.5.